The molecule has 3 rings (SSSR count). The summed E-state index contributed by atoms with van der Waals surface area (Å²) in [4.78, 5) is 12.5. The predicted molar refractivity (Wildman–Crippen MR) is 120 cm³/mol. The lowest BCUT2D eigenvalue weighted by molar-refractivity contribution is 0.102. The second-order valence-corrected chi connectivity index (χ2v) is 9.60. The molecule has 3 aromatic rings. The second-order valence-electron chi connectivity index (χ2n) is 7.67. The summed E-state index contributed by atoms with van der Waals surface area (Å²) < 4.78 is 41.3. The molecular weight excluding hydrogens is 415 g/mol. The molecule has 7 heteroatoms. The molecule has 0 aromatic heterocycles. The lowest BCUT2D eigenvalue weighted by Crippen LogP contribution is -2.33. The van der Waals surface area contributed by atoms with Gasteiger partial charge in [-0.15, -0.1) is 0 Å². The standard InChI is InChI=1S/C24H25FN2O3S/c1-18(2)16-27(17-19-7-4-3-5-8-19)31(29,30)23-13-11-20(12-14-23)24(28)26-22-10-6-9-21(25)15-22/h3-15,18H,16-17H2,1-2H3,(H,26,28). The highest BCUT2D eigenvalue weighted by Gasteiger charge is 2.25. The van der Waals surface area contributed by atoms with E-state index >= 15 is 0 Å². The predicted octanol–water partition coefficient (Wildman–Crippen LogP) is 4.92. The summed E-state index contributed by atoms with van der Waals surface area (Å²) in [6.45, 7) is 4.57. The molecule has 1 N–H and O–H groups in total. The van der Waals surface area contributed by atoms with Crippen LogP contribution in [0.4, 0.5) is 10.1 Å². The Morgan fingerprint density at radius 2 is 1.65 bits per heavy atom. The zero-order valence-corrected chi connectivity index (χ0v) is 18.3. The minimum atomic E-state index is -3.75. The first kappa shape index (κ1) is 22.7. The van der Waals surface area contributed by atoms with E-state index in [-0.39, 0.29) is 22.9 Å². The summed E-state index contributed by atoms with van der Waals surface area (Å²) in [6, 6.07) is 20.8. The van der Waals surface area contributed by atoms with E-state index in [1.54, 1.807) is 6.07 Å². The average molecular weight is 441 g/mol. The molecule has 0 atom stereocenters. The van der Waals surface area contributed by atoms with E-state index in [9.17, 15) is 17.6 Å². The molecule has 0 bridgehead atoms. The number of benzene rings is 3. The third-order valence-electron chi connectivity index (χ3n) is 4.61. The van der Waals surface area contributed by atoms with E-state index < -0.39 is 21.7 Å². The first-order valence-electron chi connectivity index (χ1n) is 9.97. The van der Waals surface area contributed by atoms with Crippen LogP contribution < -0.4 is 5.32 Å². The molecule has 0 radical (unpaired) electrons. The molecule has 0 saturated heterocycles. The van der Waals surface area contributed by atoms with Crippen molar-refractivity contribution in [3.8, 4) is 0 Å². The van der Waals surface area contributed by atoms with Crippen molar-refractivity contribution in [3.05, 3.63) is 95.8 Å². The number of sulfonamides is 1. The van der Waals surface area contributed by atoms with Gasteiger partial charge in [-0.05, 0) is 53.9 Å². The first-order chi connectivity index (χ1) is 14.8. The largest absolute Gasteiger partial charge is 0.322 e. The lowest BCUT2D eigenvalue weighted by atomic mass is 10.2. The quantitative estimate of drug-likeness (QED) is 0.540. The number of halogens is 1. The molecule has 0 aliphatic carbocycles. The number of carbonyl (C=O) groups excluding carboxylic acids is 1. The number of hydrogen-bond donors (Lipinski definition) is 1. The molecular formula is C24H25FN2O3S. The van der Waals surface area contributed by atoms with Crippen LogP contribution in [0.15, 0.2) is 83.8 Å². The van der Waals surface area contributed by atoms with Crippen molar-refractivity contribution in [2.75, 3.05) is 11.9 Å². The van der Waals surface area contributed by atoms with Gasteiger partial charge in [0.15, 0.2) is 0 Å². The number of anilines is 1. The maximum Gasteiger partial charge on any atom is 0.255 e. The fourth-order valence-corrected chi connectivity index (χ4v) is 4.73. The number of nitrogens with one attached hydrogen (secondary N) is 1. The highest BCUT2D eigenvalue weighted by molar-refractivity contribution is 7.89. The van der Waals surface area contributed by atoms with Crippen LogP contribution in [0.2, 0.25) is 0 Å². The first-order valence-corrected chi connectivity index (χ1v) is 11.4. The third-order valence-corrected chi connectivity index (χ3v) is 6.43. The van der Waals surface area contributed by atoms with Crippen LogP contribution in [0.25, 0.3) is 0 Å². The van der Waals surface area contributed by atoms with Crippen molar-refractivity contribution in [1.82, 2.24) is 4.31 Å². The van der Waals surface area contributed by atoms with Gasteiger partial charge in [0.05, 0.1) is 4.90 Å². The molecule has 3 aromatic carbocycles. The highest BCUT2D eigenvalue weighted by atomic mass is 32.2. The van der Waals surface area contributed by atoms with Crippen LogP contribution in [0, 0.1) is 11.7 Å². The number of amides is 1. The number of carbonyl (C=O) groups is 1. The van der Waals surface area contributed by atoms with Gasteiger partial charge >= 0.3 is 0 Å². The van der Waals surface area contributed by atoms with Crippen molar-refractivity contribution < 1.29 is 17.6 Å². The van der Waals surface area contributed by atoms with Gasteiger partial charge in [-0.3, -0.25) is 4.79 Å². The fraction of sp³-hybridized carbons (Fsp3) is 0.208. The molecule has 0 unspecified atom stereocenters. The van der Waals surface area contributed by atoms with Crippen molar-refractivity contribution in [1.29, 1.82) is 0 Å². The van der Waals surface area contributed by atoms with E-state index in [4.69, 9.17) is 0 Å². The van der Waals surface area contributed by atoms with Crippen LogP contribution in [0.1, 0.15) is 29.8 Å². The Bertz CT molecular complexity index is 1130. The summed E-state index contributed by atoms with van der Waals surface area (Å²) in [5.74, 6) is -0.754. The molecule has 0 fully saturated rings. The minimum absolute atomic E-state index is 0.117. The summed E-state index contributed by atoms with van der Waals surface area (Å²) in [6.07, 6.45) is 0. The summed E-state index contributed by atoms with van der Waals surface area (Å²) in [5.41, 5.74) is 1.51. The Morgan fingerprint density at radius 1 is 0.968 bits per heavy atom. The molecule has 1 amide bonds. The maximum absolute atomic E-state index is 13.3. The van der Waals surface area contributed by atoms with E-state index in [1.807, 2.05) is 44.2 Å². The van der Waals surface area contributed by atoms with Gasteiger partial charge < -0.3 is 5.32 Å². The van der Waals surface area contributed by atoms with Gasteiger partial charge in [0, 0.05) is 24.3 Å². The summed E-state index contributed by atoms with van der Waals surface area (Å²) in [7, 11) is -3.75. The van der Waals surface area contributed by atoms with Crippen LogP contribution in [0.3, 0.4) is 0 Å². The van der Waals surface area contributed by atoms with E-state index in [0.717, 1.165) is 5.56 Å². The van der Waals surface area contributed by atoms with Crippen molar-refractivity contribution in [3.63, 3.8) is 0 Å². The monoisotopic (exact) mass is 440 g/mol. The van der Waals surface area contributed by atoms with Gasteiger partial charge in [0.25, 0.3) is 5.91 Å². The van der Waals surface area contributed by atoms with Crippen LogP contribution in [-0.4, -0.2) is 25.2 Å². The Labute approximate surface area is 182 Å². The Morgan fingerprint density at radius 3 is 2.26 bits per heavy atom. The molecule has 31 heavy (non-hydrogen) atoms. The van der Waals surface area contributed by atoms with E-state index in [0.29, 0.717) is 12.2 Å². The van der Waals surface area contributed by atoms with Gasteiger partial charge in [-0.2, -0.15) is 4.31 Å². The SMILES string of the molecule is CC(C)CN(Cc1ccccc1)S(=O)(=O)c1ccc(C(=O)Nc2cccc(F)c2)cc1. The zero-order chi connectivity index (χ0) is 22.4. The maximum atomic E-state index is 13.3. The Hall–Kier alpha value is -3.03. The normalized spacial score (nSPS) is 11.6. The zero-order valence-electron chi connectivity index (χ0n) is 17.5. The van der Waals surface area contributed by atoms with Crippen molar-refractivity contribution in [2.45, 2.75) is 25.3 Å². The van der Waals surface area contributed by atoms with Crippen LogP contribution in [0.5, 0.6) is 0 Å². The second kappa shape index (κ2) is 9.85. The number of hydrogen-bond acceptors (Lipinski definition) is 3. The summed E-state index contributed by atoms with van der Waals surface area (Å²) in [5, 5.41) is 2.60. The van der Waals surface area contributed by atoms with Gasteiger partial charge in [0.1, 0.15) is 5.82 Å². The molecule has 0 aliphatic heterocycles. The van der Waals surface area contributed by atoms with Crippen LogP contribution in [-0.2, 0) is 16.6 Å². The molecule has 5 nitrogen and oxygen atoms in total. The lowest BCUT2D eigenvalue weighted by Gasteiger charge is -2.24. The molecule has 0 spiro atoms. The Kier molecular flexibility index (Phi) is 7.20. The fourth-order valence-electron chi connectivity index (χ4n) is 3.14. The average Bonchev–Trinajstić information content (AvgIpc) is 2.74. The highest BCUT2D eigenvalue weighted by Crippen LogP contribution is 2.21. The van der Waals surface area contributed by atoms with Gasteiger partial charge in [0.2, 0.25) is 10.0 Å². The third kappa shape index (κ3) is 5.99. The minimum Gasteiger partial charge on any atom is -0.322 e. The van der Waals surface area contributed by atoms with Gasteiger partial charge in [-0.25, -0.2) is 12.8 Å². The molecule has 0 heterocycles. The number of nitrogens with zero attached hydrogens (tertiary/aromatic N) is 1. The Balaban J connectivity index is 1.80. The molecule has 0 aliphatic rings. The molecule has 162 valence electrons. The van der Waals surface area contributed by atoms with Crippen molar-refractivity contribution in [2.24, 2.45) is 5.92 Å². The smallest absolute Gasteiger partial charge is 0.255 e. The summed E-state index contributed by atoms with van der Waals surface area (Å²) >= 11 is 0. The molecule has 0 saturated carbocycles. The van der Waals surface area contributed by atoms with Crippen LogP contribution >= 0.6 is 0 Å². The van der Waals surface area contributed by atoms with Gasteiger partial charge in [-0.1, -0.05) is 50.2 Å². The van der Waals surface area contributed by atoms with Crippen molar-refractivity contribution >= 4 is 21.6 Å². The topological polar surface area (TPSA) is 66.5 Å². The van der Waals surface area contributed by atoms with E-state index in [1.165, 1.54) is 46.8 Å². The number of rotatable bonds is 8. The van der Waals surface area contributed by atoms with E-state index in [2.05, 4.69) is 5.32 Å².